The third-order valence-corrected chi connectivity index (χ3v) is 4.30. The van der Waals surface area contributed by atoms with Crippen LogP contribution in [0, 0.1) is 0 Å². The Morgan fingerprint density at radius 2 is 2.15 bits per heavy atom. The number of nitrogens with zero attached hydrogens (tertiary/aromatic N) is 2. The van der Waals surface area contributed by atoms with Gasteiger partial charge in [0.15, 0.2) is 0 Å². The van der Waals surface area contributed by atoms with Crippen molar-refractivity contribution in [1.29, 1.82) is 0 Å². The molecule has 2 aliphatic rings. The molecule has 2 heterocycles. The minimum atomic E-state index is -0.109. The van der Waals surface area contributed by atoms with Crippen molar-refractivity contribution in [3.63, 3.8) is 0 Å². The van der Waals surface area contributed by atoms with E-state index in [4.69, 9.17) is 15.5 Å². The van der Waals surface area contributed by atoms with E-state index in [-0.39, 0.29) is 5.60 Å². The number of ether oxygens (including phenoxy) is 1. The van der Waals surface area contributed by atoms with E-state index in [9.17, 15) is 0 Å². The molecule has 20 heavy (non-hydrogen) atoms. The van der Waals surface area contributed by atoms with Crippen LogP contribution in [0.25, 0.3) is 0 Å². The predicted molar refractivity (Wildman–Crippen MR) is 81.0 cm³/mol. The average molecular weight is 275 g/mol. The third-order valence-electron chi connectivity index (χ3n) is 4.30. The Morgan fingerprint density at radius 3 is 2.90 bits per heavy atom. The van der Waals surface area contributed by atoms with Crippen molar-refractivity contribution < 1.29 is 4.74 Å². The summed E-state index contributed by atoms with van der Waals surface area (Å²) in [5.41, 5.74) is 9.73. The van der Waals surface area contributed by atoms with E-state index in [0.717, 1.165) is 38.4 Å². The molecular weight excluding hydrogens is 250 g/mol. The summed E-state index contributed by atoms with van der Waals surface area (Å²) in [6, 6.07) is 2.29. The predicted octanol–water partition coefficient (Wildman–Crippen LogP) is 2.03. The molecule has 0 saturated carbocycles. The number of hydrogen-bond acceptors (Lipinski definition) is 4. The number of fused-ring (bicyclic) bond motifs is 1. The highest BCUT2D eigenvalue weighted by Gasteiger charge is 2.29. The number of anilines is 1. The Kier molecular flexibility index (Phi) is 3.69. The van der Waals surface area contributed by atoms with Crippen LogP contribution < -0.4 is 10.6 Å². The highest BCUT2D eigenvalue weighted by atomic mass is 16.5. The van der Waals surface area contributed by atoms with Gasteiger partial charge in [-0.2, -0.15) is 0 Å². The van der Waals surface area contributed by atoms with Gasteiger partial charge in [0, 0.05) is 30.9 Å². The first-order chi connectivity index (χ1) is 9.59. The summed E-state index contributed by atoms with van der Waals surface area (Å²) >= 11 is 0. The number of hydrogen-bond donors (Lipinski definition) is 1. The number of aromatic nitrogens is 1. The van der Waals surface area contributed by atoms with Crippen LogP contribution in [0.4, 0.5) is 5.82 Å². The summed E-state index contributed by atoms with van der Waals surface area (Å²) in [6.07, 6.45) is 4.81. The van der Waals surface area contributed by atoms with Crippen LogP contribution in [0.3, 0.4) is 0 Å². The van der Waals surface area contributed by atoms with Crippen molar-refractivity contribution in [2.24, 2.45) is 5.73 Å². The first kappa shape index (κ1) is 13.8. The number of nitrogens with two attached hydrogens (primary N) is 1. The van der Waals surface area contributed by atoms with Gasteiger partial charge in [0.05, 0.1) is 12.2 Å². The molecule has 0 bridgehead atoms. The number of aryl methyl sites for hydroxylation is 2. The second kappa shape index (κ2) is 5.34. The van der Waals surface area contributed by atoms with Crippen molar-refractivity contribution in [3.8, 4) is 0 Å². The van der Waals surface area contributed by atoms with Crippen LogP contribution in [0.1, 0.15) is 43.5 Å². The quantitative estimate of drug-likeness (QED) is 0.897. The van der Waals surface area contributed by atoms with E-state index < -0.39 is 0 Å². The normalized spacial score (nSPS) is 21.6. The molecule has 0 aromatic carbocycles. The third kappa shape index (κ3) is 2.67. The van der Waals surface area contributed by atoms with Crippen LogP contribution >= 0.6 is 0 Å². The van der Waals surface area contributed by atoms with Crippen LogP contribution in [-0.4, -0.2) is 30.3 Å². The van der Waals surface area contributed by atoms with E-state index in [1.165, 1.54) is 29.7 Å². The topological polar surface area (TPSA) is 51.4 Å². The molecule has 0 radical (unpaired) electrons. The molecule has 0 amide bonds. The van der Waals surface area contributed by atoms with Crippen molar-refractivity contribution in [2.45, 2.75) is 51.7 Å². The van der Waals surface area contributed by atoms with Gasteiger partial charge in [-0.05, 0) is 51.2 Å². The lowest BCUT2D eigenvalue weighted by Crippen LogP contribution is -2.49. The summed E-state index contributed by atoms with van der Waals surface area (Å²) in [7, 11) is 0. The van der Waals surface area contributed by atoms with Gasteiger partial charge in [-0.3, -0.25) is 0 Å². The molecule has 3 rings (SSSR count). The summed E-state index contributed by atoms with van der Waals surface area (Å²) < 4.78 is 5.80. The summed E-state index contributed by atoms with van der Waals surface area (Å²) in [5, 5.41) is 0. The summed E-state index contributed by atoms with van der Waals surface area (Å²) in [4.78, 5) is 7.31. The molecule has 1 aromatic heterocycles. The molecule has 1 aromatic rings. The van der Waals surface area contributed by atoms with E-state index in [0.29, 0.717) is 6.54 Å². The largest absolute Gasteiger partial charge is 0.372 e. The maximum atomic E-state index is 5.96. The fourth-order valence-electron chi connectivity index (χ4n) is 3.29. The van der Waals surface area contributed by atoms with Gasteiger partial charge in [0.1, 0.15) is 5.82 Å². The van der Waals surface area contributed by atoms with Crippen LogP contribution in [0.5, 0.6) is 0 Å². The maximum Gasteiger partial charge on any atom is 0.133 e. The standard InChI is InChI=1S/C16H25N3O/c1-16(2)11-19(7-8-20-16)15-13(10-17)9-12-5-3-4-6-14(12)18-15/h9H,3-8,10-11,17H2,1-2H3. The fraction of sp³-hybridized carbons (Fsp3) is 0.688. The molecule has 4 nitrogen and oxygen atoms in total. The number of rotatable bonds is 2. The molecular formula is C16H25N3O. The maximum absolute atomic E-state index is 5.96. The van der Waals surface area contributed by atoms with E-state index in [1.807, 2.05) is 0 Å². The second-order valence-corrected chi connectivity index (χ2v) is 6.52. The second-order valence-electron chi connectivity index (χ2n) is 6.52. The van der Waals surface area contributed by atoms with Crippen molar-refractivity contribution in [1.82, 2.24) is 4.98 Å². The Bertz CT molecular complexity index is 499. The minimum Gasteiger partial charge on any atom is -0.372 e. The Labute approximate surface area is 121 Å². The van der Waals surface area contributed by atoms with Gasteiger partial charge < -0.3 is 15.4 Å². The molecule has 110 valence electrons. The fourth-order valence-corrected chi connectivity index (χ4v) is 3.29. The van der Waals surface area contributed by atoms with Gasteiger partial charge in [-0.1, -0.05) is 0 Å². The summed E-state index contributed by atoms with van der Waals surface area (Å²) in [5.74, 6) is 1.09. The van der Waals surface area contributed by atoms with Gasteiger partial charge in [0.2, 0.25) is 0 Å². The monoisotopic (exact) mass is 275 g/mol. The smallest absolute Gasteiger partial charge is 0.133 e. The van der Waals surface area contributed by atoms with Crippen LogP contribution in [0.2, 0.25) is 0 Å². The Hall–Kier alpha value is -1.13. The molecule has 1 saturated heterocycles. The van der Waals surface area contributed by atoms with E-state index in [1.54, 1.807) is 0 Å². The molecule has 1 fully saturated rings. The first-order valence-electron chi connectivity index (χ1n) is 7.70. The van der Waals surface area contributed by atoms with Gasteiger partial charge >= 0.3 is 0 Å². The zero-order valence-electron chi connectivity index (χ0n) is 12.6. The van der Waals surface area contributed by atoms with Gasteiger partial charge in [-0.15, -0.1) is 0 Å². The highest BCUT2D eigenvalue weighted by Crippen LogP contribution is 2.29. The lowest BCUT2D eigenvalue weighted by molar-refractivity contribution is -0.0279. The SMILES string of the molecule is CC1(C)CN(c2nc3c(cc2CN)CCCC3)CCO1. The lowest BCUT2D eigenvalue weighted by atomic mass is 9.94. The van der Waals surface area contributed by atoms with Crippen molar-refractivity contribution >= 4 is 5.82 Å². The lowest BCUT2D eigenvalue weighted by Gasteiger charge is -2.39. The highest BCUT2D eigenvalue weighted by molar-refractivity contribution is 5.51. The average Bonchev–Trinajstić information content (AvgIpc) is 2.44. The molecule has 1 aliphatic heterocycles. The molecule has 2 N–H and O–H groups in total. The van der Waals surface area contributed by atoms with E-state index in [2.05, 4.69) is 24.8 Å². The number of morpholine rings is 1. The summed E-state index contributed by atoms with van der Waals surface area (Å²) in [6.45, 7) is 7.39. The molecule has 1 aliphatic carbocycles. The van der Waals surface area contributed by atoms with Crippen LogP contribution in [0.15, 0.2) is 6.07 Å². The zero-order valence-corrected chi connectivity index (χ0v) is 12.6. The molecule has 0 spiro atoms. The molecule has 4 heteroatoms. The van der Waals surface area contributed by atoms with Crippen molar-refractivity contribution in [2.75, 3.05) is 24.6 Å². The first-order valence-corrected chi connectivity index (χ1v) is 7.70. The van der Waals surface area contributed by atoms with Gasteiger partial charge in [0.25, 0.3) is 0 Å². The van der Waals surface area contributed by atoms with Gasteiger partial charge in [-0.25, -0.2) is 4.98 Å². The molecule has 0 atom stereocenters. The molecule has 0 unspecified atom stereocenters. The van der Waals surface area contributed by atoms with E-state index >= 15 is 0 Å². The zero-order chi connectivity index (χ0) is 14.2. The Morgan fingerprint density at radius 1 is 1.35 bits per heavy atom. The number of pyridine rings is 1. The van der Waals surface area contributed by atoms with Crippen LogP contribution in [-0.2, 0) is 24.1 Å². The van der Waals surface area contributed by atoms with Crippen molar-refractivity contribution in [3.05, 3.63) is 22.9 Å². The minimum absolute atomic E-state index is 0.109. The Balaban J connectivity index is 1.95.